The number of methoxy groups -OCH3 is 2. The van der Waals surface area contributed by atoms with Crippen LogP contribution < -0.4 is 14.2 Å². The molecule has 1 aromatic rings. The van der Waals surface area contributed by atoms with Crippen molar-refractivity contribution in [2.24, 2.45) is 5.92 Å². The first-order valence-electron chi connectivity index (χ1n) is 5.44. The van der Waals surface area contributed by atoms with Gasteiger partial charge < -0.3 is 19.3 Å². The summed E-state index contributed by atoms with van der Waals surface area (Å²) in [5.41, 5.74) is 0. The number of carbonyl (C=O) groups is 1. The summed E-state index contributed by atoms with van der Waals surface area (Å²) in [4.78, 5) is 10.6. The van der Waals surface area contributed by atoms with Crippen molar-refractivity contribution < 1.29 is 37.3 Å². The van der Waals surface area contributed by atoms with Gasteiger partial charge in [0.1, 0.15) is 6.61 Å². The second kappa shape index (κ2) is 6.36. The summed E-state index contributed by atoms with van der Waals surface area (Å²) in [6.07, 6.45) is -4.90. The molecule has 0 aliphatic rings. The van der Waals surface area contributed by atoms with Gasteiger partial charge in [-0.3, -0.25) is 4.79 Å². The number of alkyl halides is 3. The van der Waals surface area contributed by atoms with Crippen LogP contribution in [-0.2, 0) is 4.79 Å². The molecule has 1 rings (SSSR count). The van der Waals surface area contributed by atoms with E-state index in [0.29, 0.717) is 0 Å². The molecule has 0 fully saturated rings. The van der Waals surface area contributed by atoms with E-state index in [1.807, 2.05) is 0 Å². The van der Waals surface area contributed by atoms with Crippen molar-refractivity contribution in [3.8, 4) is 17.2 Å². The van der Waals surface area contributed by atoms with Crippen molar-refractivity contribution in [1.82, 2.24) is 0 Å². The Balaban J connectivity index is 2.96. The molecule has 0 bridgehead atoms. The van der Waals surface area contributed by atoms with Gasteiger partial charge in [0, 0.05) is 0 Å². The smallest absolute Gasteiger partial charge is 0.405 e. The monoisotopic (exact) mass is 294 g/mol. The summed E-state index contributed by atoms with van der Waals surface area (Å²) in [7, 11) is 2.61. The summed E-state index contributed by atoms with van der Waals surface area (Å²) in [6, 6.07) is 4.48. The van der Waals surface area contributed by atoms with E-state index in [1.165, 1.54) is 26.4 Å². The second-order valence-electron chi connectivity index (χ2n) is 3.74. The molecular weight excluding hydrogens is 281 g/mol. The summed E-state index contributed by atoms with van der Waals surface area (Å²) in [5.74, 6) is -4.41. The lowest BCUT2D eigenvalue weighted by Crippen LogP contribution is -2.35. The number of aliphatic carboxylic acids is 1. The van der Waals surface area contributed by atoms with Gasteiger partial charge in [0.25, 0.3) is 0 Å². The van der Waals surface area contributed by atoms with E-state index in [2.05, 4.69) is 0 Å². The molecule has 0 radical (unpaired) electrons. The first kappa shape index (κ1) is 15.9. The van der Waals surface area contributed by atoms with Crippen LogP contribution in [-0.4, -0.2) is 38.1 Å². The zero-order valence-corrected chi connectivity index (χ0v) is 10.7. The third kappa shape index (κ3) is 3.69. The molecule has 1 atom stereocenters. The number of hydrogen-bond donors (Lipinski definition) is 1. The number of ether oxygens (including phenoxy) is 3. The maximum atomic E-state index is 12.5. The molecule has 1 aromatic carbocycles. The van der Waals surface area contributed by atoms with Gasteiger partial charge in [0.15, 0.2) is 17.4 Å². The van der Waals surface area contributed by atoms with E-state index < -0.39 is 24.7 Å². The average Bonchev–Trinajstić information content (AvgIpc) is 2.36. The molecule has 1 unspecified atom stereocenters. The lowest BCUT2D eigenvalue weighted by molar-refractivity contribution is -0.198. The maximum Gasteiger partial charge on any atom is 0.405 e. The summed E-state index contributed by atoms with van der Waals surface area (Å²) in [6.45, 7) is -1.07. The average molecular weight is 294 g/mol. The van der Waals surface area contributed by atoms with Gasteiger partial charge in [-0.25, -0.2) is 0 Å². The minimum Gasteiger partial charge on any atom is -0.493 e. The SMILES string of the molecule is COc1cccc(OC)c1OCC(C(=O)O)C(F)(F)F. The first-order valence-corrected chi connectivity index (χ1v) is 5.44. The van der Waals surface area contributed by atoms with Crippen molar-refractivity contribution in [3.05, 3.63) is 18.2 Å². The fourth-order valence-electron chi connectivity index (χ4n) is 1.43. The van der Waals surface area contributed by atoms with Crippen LogP contribution in [0.15, 0.2) is 18.2 Å². The summed E-state index contributed by atoms with van der Waals surface area (Å²) >= 11 is 0. The third-order valence-corrected chi connectivity index (χ3v) is 2.47. The highest BCUT2D eigenvalue weighted by Gasteiger charge is 2.46. The molecule has 0 spiro atoms. The lowest BCUT2D eigenvalue weighted by atomic mass is 10.1. The molecule has 0 saturated heterocycles. The predicted molar refractivity (Wildman–Crippen MR) is 62.2 cm³/mol. The van der Waals surface area contributed by atoms with Crippen molar-refractivity contribution in [2.75, 3.05) is 20.8 Å². The number of hydrogen-bond acceptors (Lipinski definition) is 4. The van der Waals surface area contributed by atoms with Crippen LogP contribution >= 0.6 is 0 Å². The summed E-state index contributed by atoms with van der Waals surface area (Å²) < 4.78 is 52.4. The molecule has 0 heterocycles. The van der Waals surface area contributed by atoms with Gasteiger partial charge >= 0.3 is 12.1 Å². The Bertz CT molecular complexity index is 450. The number of benzene rings is 1. The Morgan fingerprint density at radius 1 is 1.25 bits per heavy atom. The van der Waals surface area contributed by atoms with Crippen molar-refractivity contribution in [2.45, 2.75) is 6.18 Å². The molecule has 8 heteroatoms. The van der Waals surface area contributed by atoms with Crippen LogP contribution in [0.5, 0.6) is 17.2 Å². The largest absolute Gasteiger partial charge is 0.493 e. The van der Waals surface area contributed by atoms with E-state index in [1.54, 1.807) is 6.07 Å². The number of carboxylic acids is 1. The molecule has 20 heavy (non-hydrogen) atoms. The van der Waals surface area contributed by atoms with Crippen LogP contribution in [0, 0.1) is 5.92 Å². The zero-order valence-electron chi connectivity index (χ0n) is 10.7. The molecule has 5 nitrogen and oxygen atoms in total. The molecule has 0 aliphatic carbocycles. The minimum absolute atomic E-state index is 0.0759. The van der Waals surface area contributed by atoms with Crippen LogP contribution in [0.25, 0.3) is 0 Å². The number of halogens is 3. The second-order valence-corrected chi connectivity index (χ2v) is 3.74. The van der Waals surface area contributed by atoms with Crippen molar-refractivity contribution in [3.63, 3.8) is 0 Å². The predicted octanol–water partition coefficient (Wildman–Crippen LogP) is 2.35. The van der Waals surface area contributed by atoms with Gasteiger partial charge in [0.2, 0.25) is 5.75 Å². The quantitative estimate of drug-likeness (QED) is 0.872. The lowest BCUT2D eigenvalue weighted by Gasteiger charge is -2.19. The van der Waals surface area contributed by atoms with E-state index in [9.17, 15) is 18.0 Å². The van der Waals surface area contributed by atoms with Crippen LogP contribution in [0.4, 0.5) is 13.2 Å². The van der Waals surface area contributed by atoms with E-state index in [0.717, 1.165) is 0 Å². The number of rotatable bonds is 6. The van der Waals surface area contributed by atoms with Gasteiger partial charge in [-0.15, -0.1) is 0 Å². The van der Waals surface area contributed by atoms with E-state index in [4.69, 9.17) is 19.3 Å². The fraction of sp³-hybridized carbons (Fsp3) is 0.417. The Hall–Kier alpha value is -2.12. The topological polar surface area (TPSA) is 65.0 Å². The number of carboxylic acid groups (broad SMARTS) is 1. The molecule has 1 N–H and O–H groups in total. The van der Waals surface area contributed by atoms with Gasteiger partial charge in [-0.2, -0.15) is 13.2 Å². The minimum atomic E-state index is -4.90. The standard InChI is InChI=1S/C12H13F3O5/c1-18-8-4-3-5-9(19-2)10(8)20-6-7(11(16)17)12(13,14)15/h3-5,7H,6H2,1-2H3,(H,16,17). The van der Waals surface area contributed by atoms with Gasteiger partial charge in [-0.05, 0) is 12.1 Å². The maximum absolute atomic E-state index is 12.5. The highest BCUT2D eigenvalue weighted by Crippen LogP contribution is 2.38. The molecule has 0 amide bonds. The fourth-order valence-corrected chi connectivity index (χ4v) is 1.43. The highest BCUT2D eigenvalue weighted by molar-refractivity contribution is 5.71. The molecule has 0 aliphatic heterocycles. The Labute approximate surface area is 112 Å². The van der Waals surface area contributed by atoms with Crippen LogP contribution in [0.3, 0.4) is 0 Å². The molecule has 112 valence electrons. The van der Waals surface area contributed by atoms with Crippen LogP contribution in [0.2, 0.25) is 0 Å². The Morgan fingerprint density at radius 3 is 2.10 bits per heavy atom. The highest BCUT2D eigenvalue weighted by atomic mass is 19.4. The normalized spacial score (nSPS) is 12.7. The summed E-state index contributed by atoms with van der Waals surface area (Å²) in [5, 5.41) is 8.58. The van der Waals surface area contributed by atoms with E-state index in [-0.39, 0.29) is 17.2 Å². The van der Waals surface area contributed by atoms with Crippen molar-refractivity contribution in [1.29, 1.82) is 0 Å². The third-order valence-electron chi connectivity index (χ3n) is 2.47. The Kier molecular flexibility index (Phi) is 5.06. The first-order chi connectivity index (χ1) is 9.31. The zero-order chi connectivity index (χ0) is 15.3. The van der Waals surface area contributed by atoms with Crippen LogP contribution in [0.1, 0.15) is 0 Å². The molecule has 0 saturated carbocycles. The molecule has 0 aromatic heterocycles. The van der Waals surface area contributed by atoms with Crippen molar-refractivity contribution >= 4 is 5.97 Å². The van der Waals surface area contributed by atoms with E-state index >= 15 is 0 Å². The Morgan fingerprint density at radius 2 is 1.75 bits per heavy atom. The number of para-hydroxylation sites is 1. The molecular formula is C12H13F3O5. The van der Waals surface area contributed by atoms with Gasteiger partial charge in [0.05, 0.1) is 14.2 Å². The van der Waals surface area contributed by atoms with Gasteiger partial charge in [-0.1, -0.05) is 6.07 Å².